The Hall–Kier alpha value is -1.61. The predicted molar refractivity (Wildman–Crippen MR) is 73.9 cm³/mol. The standard InChI is InChI=1S/C14H15NOS/c1-10-9-13(17-2)7-8-14(10)16-12-5-3-11(15)4-6-12/h3-9H,15H2,1-2H3. The minimum absolute atomic E-state index is 0.742. The van der Waals surface area contributed by atoms with Crippen LogP contribution >= 0.6 is 11.8 Å². The van der Waals surface area contributed by atoms with E-state index in [2.05, 4.69) is 18.4 Å². The first-order valence-electron chi connectivity index (χ1n) is 5.37. The average molecular weight is 245 g/mol. The molecule has 17 heavy (non-hydrogen) atoms. The molecule has 88 valence electrons. The molecule has 0 amide bonds. The van der Waals surface area contributed by atoms with E-state index in [4.69, 9.17) is 10.5 Å². The van der Waals surface area contributed by atoms with Crippen LogP contribution in [-0.4, -0.2) is 6.26 Å². The second-order valence-corrected chi connectivity index (χ2v) is 4.68. The molecular formula is C14H15NOS. The zero-order chi connectivity index (χ0) is 12.3. The zero-order valence-electron chi connectivity index (χ0n) is 9.94. The number of hydrogen-bond donors (Lipinski definition) is 1. The lowest BCUT2D eigenvalue weighted by Crippen LogP contribution is -1.89. The summed E-state index contributed by atoms with van der Waals surface area (Å²) in [6.07, 6.45) is 2.06. The van der Waals surface area contributed by atoms with Gasteiger partial charge in [-0.3, -0.25) is 0 Å². The predicted octanol–water partition coefficient (Wildman–Crippen LogP) is 4.09. The number of thioether (sulfide) groups is 1. The molecule has 2 nitrogen and oxygen atoms in total. The summed E-state index contributed by atoms with van der Waals surface area (Å²) < 4.78 is 5.80. The van der Waals surface area contributed by atoms with Gasteiger partial charge in [0.2, 0.25) is 0 Å². The van der Waals surface area contributed by atoms with Gasteiger partial charge in [0.15, 0.2) is 0 Å². The number of hydrogen-bond acceptors (Lipinski definition) is 3. The summed E-state index contributed by atoms with van der Waals surface area (Å²) in [6.45, 7) is 2.05. The Balaban J connectivity index is 2.21. The third kappa shape index (κ3) is 2.94. The van der Waals surface area contributed by atoms with Gasteiger partial charge in [0.25, 0.3) is 0 Å². The van der Waals surface area contributed by atoms with Crippen LogP contribution in [0.15, 0.2) is 47.4 Å². The van der Waals surface area contributed by atoms with Crippen LogP contribution in [0.1, 0.15) is 5.56 Å². The highest BCUT2D eigenvalue weighted by Crippen LogP contribution is 2.28. The van der Waals surface area contributed by atoms with Crippen molar-refractivity contribution >= 4 is 17.4 Å². The second-order valence-electron chi connectivity index (χ2n) is 3.80. The van der Waals surface area contributed by atoms with Crippen LogP contribution in [0.5, 0.6) is 11.5 Å². The van der Waals surface area contributed by atoms with Gasteiger partial charge in [-0.2, -0.15) is 0 Å². The average Bonchev–Trinajstić information content (AvgIpc) is 2.34. The number of benzene rings is 2. The summed E-state index contributed by atoms with van der Waals surface area (Å²) in [5.41, 5.74) is 7.50. The van der Waals surface area contributed by atoms with Crippen molar-refractivity contribution in [2.24, 2.45) is 0 Å². The second kappa shape index (κ2) is 5.15. The van der Waals surface area contributed by atoms with Gasteiger partial charge in [-0.25, -0.2) is 0 Å². The highest BCUT2D eigenvalue weighted by atomic mass is 32.2. The summed E-state index contributed by atoms with van der Waals surface area (Å²) >= 11 is 1.73. The van der Waals surface area contributed by atoms with Gasteiger partial charge >= 0.3 is 0 Å². The first-order chi connectivity index (χ1) is 8.19. The van der Waals surface area contributed by atoms with Crippen LogP contribution in [0, 0.1) is 6.92 Å². The molecule has 0 aliphatic rings. The number of aryl methyl sites for hydroxylation is 1. The Morgan fingerprint density at radius 3 is 2.35 bits per heavy atom. The van der Waals surface area contributed by atoms with Crippen molar-refractivity contribution in [1.82, 2.24) is 0 Å². The molecule has 0 saturated heterocycles. The fraction of sp³-hybridized carbons (Fsp3) is 0.143. The van der Waals surface area contributed by atoms with E-state index in [0.717, 1.165) is 22.7 Å². The van der Waals surface area contributed by atoms with Gasteiger partial charge in [0, 0.05) is 10.6 Å². The Bertz CT molecular complexity index is 508. The molecular weight excluding hydrogens is 230 g/mol. The third-order valence-corrected chi connectivity index (χ3v) is 3.22. The van der Waals surface area contributed by atoms with E-state index in [1.165, 1.54) is 4.90 Å². The maximum Gasteiger partial charge on any atom is 0.130 e. The maximum atomic E-state index is 5.80. The molecule has 0 atom stereocenters. The summed E-state index contributed by atoms with van der Waals surface area (Å²) in [5, 5.41) is 0. The van der Waals surface area contributed by atoms with E-state index in [1.54, 1.807) is 11.8 Å². The monoisotopic (exact) mass is 245 g/mol. The quantitative estimate of drug-likeness (QED) is 0.653. The molecule has 0 aliphatic carbocycles. The van der Waals surface area contributed by atoms with Crippen LogP contribution < -0.4 is 10.5 Å². The molecule has 0 aliphatic heterocycles. The molecule has 0 fully saturated rings. The van der Waals surface area contributed by atoms with Gasteiger partial charge < -0.3 is 10.5 Å². The highest BCUT2D eigenvalue weighted by molar-refractivity contribution is 7.98. The van der Waals surface area contributed by atoms with Gasteiger partial charge in [0.1, 0.15) is 11.5 Å². The number of anilines is 1. The van der Waals surface area contributed by atoms with Crippen LogP contribution in [0.3, 0.4) is 0 Å². The molecule has 0 radical (unpaired) electrons. The van der Waals surface area contributed by atoms with Crippen molar-refractivity contribution in [2.75, 3.05) is 12.0 Å². The molecule has 0 spiro atoms. The molecule has 2 aromatic carbocycles. The van der Waals surface area contributed by atoms with Gasteiger partial charge in [-0.1, -0.05) is 0 Å². The van der Waals surface area contributed by atoms with Crippen LogP contribution in [0.25, 0.3) is 0 Å². The Morgan fingerprint density at radius 1 is 1.06 bits per heavy atom. The molecule has 0 heterocycles. The topological polar surface area (TPSA) is 35.2 Å². The largest absolute Gasteiger partial charge is 0.457 e. The van der Waals surface area contributed by atoms with Crippen molar-refractivity contribution in [1.29, 1.82) is 0 Å². The fourth-order valence-corrected chi connectivity index (χ4v) is 2.02. The number of nitrogens with two attached hydrogens (primary N) is 1. The van der Waals surface area contributed by atoms with E-state index in [9.17, 15) is 0 Å². The van der Waals surface area contributed by atoms with E-state index < -0.39 is 0 Å². The van der Waals surface area contributed by atoms with Crippen molar-refractivity contribution in [3.63, 3.8) is 0 Å². The summed E-state index contributed by atoms with van der Waals surface area (Å²) in [5.74, 6) is 1.69. The smallest absolute Gasteiger partial charge is 0.130 e. The van der Waals surface area contributed by atoms with E-state index in [-0.39, 0.29) is 0 Å². The first kappa shape index (κ1) is 11.9. The summed E-state index contributed by atoms with van der Waals surface area (Å²) in [6, 6.07) is 13.6. The van der Waals surface area contributed by atoms with Gasteiger partial charge in [-0.05, 0) is 61.2 Å². The Morgan fingerprint density at radius 2 is 1.76 bits per heavy atom. The molecule has 2 N–H and O–H groups in total. The summed E-state index contributed by atoms with van der Waals surface area (Å²) in [4.78, 5) is 1.24. The van der Waals surface area contributed by atoms with Gasteiger partial charge in [-0.15, -0.1) is 11.8 Å². The molecule has 0 unspecified atom stereocenters. The molecule has 0 saturated carbocycles. The third-order valence-electron chi connectivity index (χ3n) is 2.49. The SMILES string of the molecule is CSc1ccc(Oc2ccc(N)cc2)c(C)c1. The highest BCUT2D eigenvalue weighted by Gasteiger charge is 2.02. The van der Waals surface area contributed by atoms with Crippen molar-refractivity contribution < 1.29 is 4.74 Å². The fourth-order valence-electron chi connectivity index (χ4n) is 1.53. The number of rotatable bonds is 3. The lowest BCUT2D eigenvalue weighted by molar-refractivity contribution is 0.478. The van der Waals surface area contributed by atoms with E-state index >= 15 is 0 Å². The number of nitrogen functional groups attached to an aromatic ring is 1. The Labute approximate surface area is 106 Å². The molecule has 0 aromatic heterocycles. The lowest BCUT2D eigenvalue weighted by atomic mass is 10.2. The normalized spacial score (nSPS) is 10.2. The minimum Gasteiger partial charge on any atom is -0.457 e. The van der Waals surface area contributed by atoms with Crippen LogP contribution in [-0.2, 0) is 0 Å². The Kier molecular flexibility index (Phi) is 3.59. The zero-order valence-corrected chi connectivity index (χ0v) is 10.8. The molecule has 2 rings (SSSR count). The van der Waals surface area contributed by atoms with Crippen LogP contribution in [0.4, 0.5) is 5.69 Å². The van der Waals surface area contributed by atoms with Crippen molar-refractivity contribution in [2.45, 2.75) is 11.8 Å². The minimum atomic E-state index is 0.742. The summed E-state index contributed by atoms with van der Waals surface area (Å²) in [7, 11) is 0. The van der Waals surface area contributed by atoms with Crippen LogP contribution in [0.2, 0.25) is 0 Å². The van der Waals surface area contributed by atoms with E-state index in [0.29, 0.717) is 0 Å². The lowest BCUT2D eigenvalue weighted by Gasteiger charge is -2.09. The maximum absolute atomic E-state index is 5.80. The number of ether oxygens (including phenoxy) is 1. The van der Waals surface area contributed by atoms with Gasteiger partial charge in [0.05, 0.1) is 0 Å². The first-order valence-corrected chi connectivity index (χ1v) is 6.59. The molecule has 2 aromatic rings. The molecule has 0 bridgehead atoms. The van der Waals surface area contributed by atoms with Crippen molar-refractivity contribution in [3.8, 4) is 11.5 Å². The van der Waals surface area contributed by atoms with Crippen molar-refractivity contribution in [3.05, 3.63) is 48.0 Å². The molecule has 3 heteroatoms. The van der Waals surface area contributed by atoms with E-state index in [1.807, 2.05) is 37.3 Å².